The van der Waals surface area contributed by atoms with Crippen LogP contribution >= 0.6 is 0 Å². The molecule has 2 N–H and O–H groups in total. The Hall–Kier alpha value is -0.610. The van der Waals surface area contributed by atoms with Gasteiger partial charge in [-0.05, 0) is 32.1 Å². The molecule has 2 aliphatic rings. The molecule has 1 aliphatic heterocycles. The van der Waals surface area contributed by atoms with Crippen molar-refractivity contribution in [3.8, 4) is 0 Å². The predicted octanol–water partition coefficient (Wildman–Crippen LogP) is 0.975. The lowest BCUT2D eigenvalue weighted by Gasteiger charge is -2.30. The Kier molecular flexibility index (Phi) is 4.18. The lowest BCUT2D eigenvalue weighted by molar-refractivity contribution is -0.137. The lowest BCUT2D eigenvalue weighted by atomic mass is 9.92. The smallest absolute Gasteiger partial charge is 0.249 e. The van der Waals surface area contributed by atoms with E-state index in [1.807, 2.05) is 0 Å². The average Bonchev–Trinajstić information content (AvgIpc) is 2.33. The highest BCUT2D eigenvalue weighted by atomic mass is 16.5. The molecule has 4 nitrogen and oxygen atoms in total. The van der Waals surface area contributed by atoms with Gasteiger partial charge in [0.25, 0.3) is 0 Å². The van der Waals surface area contributed by atoms with E-state index in [2.05, 4.69) is 5.32 Å². The fourth-order valence-electron chi connectivity index (χ4n) is 2.50. The third-order valence-electron chi connectivity index (χ3n) is 3.53. The van der Waals surface area contributed by atoms with Gasteiger partial charge in [-0.25, -0.2) is 0 Å². The first-order valence-corrected chi connectivity index (χ1v) is 6.37. The quantitative estimate of drug-likeness (QED) is 0.739. The second-order valence-corrected chi connectivity index (χ2v) is 4.82. The molecule has 92 valence electrons. The Morgan fingerprint density at radius 3 is 2.56 bits per heavy atom. The zero-order chi connectivity index (χ0) is 11.4. The van der Waals surface area contributed by atoms with Crippen molar-refractivity contribution in [2.24, 2.45) is 0 Å². The highest BCUT2D eigenvalue weighted by molar-refractivity contribution is 5.81. The molecule has 0 aromatic heterocycles. The molecular weight excluding hydrogens is 206 g/mol. The van der Waals surface area contributed by atoms with Crippen LogP contribution in [0, 0.1) is 0 Å². The molecule has 1 heterocycles. The molecule has 3 atom stereocenters. The first kappa shape index (κ1) is 11.9. The Morgan fingerprint density at radius 1 is 1.12 bits per heavy atom. The second kappa shape index (κ2) is 5.64. The van der Waals surface area contributed by atoms with Crippen LogP contribution in [-0.2, 0) is 9.53 Å². The van der Waals surface area contributed by atoms with Crippen LogP contribution in [0.5, 0.6) is 0 Å². The maximum Gasteiger partial charge on any atom is 0.249 e. The van der Waals surface area contributed by atoms with Gasteiger partial charge in [-0.2, -0.15) is 0 Å². The lowest BCUT2D eigenvalue weighted by Crippen LogP contribution is -2.49. The first-order chi connectivity index (χ1) is 7.77. The first-order valence-electron chi connectivity index (χ1n) is 6.37. The van der Waals surface area contributed by atoms with E-state index in [4.69, 9.17) is 4.74 Å². The molecule has 0 bridgehead atoms. The average molecular weight is 227 g/mol. The van der Waals surface area contributed by atoms with E-state index < -0.39 is 0 Å². The van der Waals surface area contributed by atoms with Crippen molar-refractivity contribution in [1.82, 2.24) is 5.32 Å². The van der Waals surface area contributed by atoms with E-state index in [0.717, 1.165) is 44.9 Å². The normalized spacial score (nSPS) is 35.7. The molecule has 1 amide bonds. The van der Waals surface area contributed by atoms with Gasteiger partial charge in [0, 0.05) is 6.61 Å². The van der Waals surface area contributed by atoms with E-state index in [-0.39, 0.29) is 24.2 Å². The zero-order valence-electron chi connectivity index (χ0n) is 9.65. The minimum absolute atomic E-state index is 0.0364. The highest BCUT2D eigenvalue weighted by Crippen LogP contribution is 2.19. The summed E-state index contributed by atoms with van der Waals surface area (Å²) >= 11 is 0. The maximum atomic E-state index is 11.9. The van der Waals surface area contributed by atoms with Crippen molar-refractivity contribution in [3.05, 3.63) is 0 Å². The molecule has 0 aromatic rings. The van der Waals surface area contributed by atoms with Gasteiger partial charge in [0.05, 0.1) is 12.1 Å². The number of carbonyl (C=O) groups is 1. The van der Waals surface area contributed by atoms with Crippen molar-refractivity contribution in [1.29, 1.82) is 0 Å². The van der Waals surface area contributed by atoms with Gasteiger partial charge in [-0.3, -0.25) is 4.79 Å². The molecular formula is C12H21NO3. The van der Waals surface area contributed by atoms with Crippen LogP contribution in [0.4, 0.5) is 0 Å². The van der Waals surface area contributed by atoms with Gasteiger partial charge in [0.2, 0.25) is 5.91 Å². The van der Waals surface area contributed by atoms with Gasteiger partial charge in [0.1, 0.15) is 6.10 Å². The van der Waals surface area contributed by atoms with Crippen molar-refractivity contribution in [2.75, 3.05) is 6.61 Å². The highest BCUT2D eigenvalue weighted by Gasteiger charge is 2.28. The minimum atomic E-state index is -0.374. The third kappa shape index (κ3) is 2.95. The number of nitrogens with one attached hydrogen (secondary N) is 1. The minimum Gasteiger partial charge on any atom is -0.391 e. The van der Waals surface area contributed by atoms with Crippen LogP contribution < -0.4 is 5.32 Å². The SMILES string of the molecule is O=C(N[C@@H]1CCCC[C@H]1O)C1CCCCO1. The largest absolute Gasteiger partial charge is 0.391 e. The van der Waals surface area contributed by atoms with Crippen LogP contribution in [0.2, 0.25) is 0 Å². The Balaban J connectivity index is 1.80. The van der Waals surface area contributed by atoms with Gasteiger partial charge in [-0.1, -0.05) is 12.8 Å². The summed E-state index contributed by atoms with van der Waals surface area (Å²) < 4.78 is 5.42. The number of rotatable bonds is 2. The monoisotopic (exact) mass is 227 g/mol. The predicted molar refractivity (Wildman–Crippen MR) is 60.0 cm³/mol. The van der Waals surface area contributed by atoms with Crippen LogP contribution in [0.3, 0.4) is 0 Å². The van der Waals surface area contributed by atoms with Crippen LogP contribution in [0.15, 0.2) is 0 Å². The fraction of sp³-hybridized carbons (Fsp3) is 0.917. The maximum absolute atomic E-state index is 11.9. The third-order valence-corrected chi connectivity index (χ3v) is 3.53. The molecule has 2 rings (SSSR count). The summed E-state index contributed by atoms with van der Waals surface area (Å²) in [6.07, 6.45) is 6.11. The van der Waals surface area contributed by atoms with E-state index in [1.165, 1.54) is 0 Å². The molecule has 4 heteroatoms. The van der Waals surface area contributed by atoms with Crippen molar-refractivity contribution >= 4 is 5.91 Å². The molecule has 0 spiro atoms. The van der Waals surface area contributed by atoms with Gasteiger partial charge in [0.15, 0.2) is 0 Å². The van der Waals surface area contributed by atoms with Crippen LogP contribution in [0.25, 0.3) is 0 Å². The van der Waals surface area contributed by atoms with Crippen molar-refractivity contribution < 1.29 is 14.6 Å². The van der Waals surface area contributed by atoms with Crippen LogP contribution in [0.1, 0.15) is 44.9 Å². The summed E-state index contributed by atoms with van der Waals surface area (Å²) in [4.78, 5) is 11.9. The van der Waals surface area contributed by atoms with E-state index in [1.54, 1.807) is 0 Å². The Morgan fingerprint density at radius 2 is 1.88 bits per heavy atom. The molecule has 1 unspecified atom stereocenters. The number of carbonyl (C=O) groups excluding carboxylic acids is 1. The molecule has 0 aromatic carbocycles. The second-order valence-electron chi connectivity index (χ2n) is 4.82. The summed E-state index contributed by atoms with van der Waals surface area (Å²) in [5.74, 6) is -0.0364. The number of amides is 1. The topological polar surface area (TPSA) is 58.6 Å². The summed E-state index contributed by atoms with van der Waals surface area (Å²) in [5.41, 5.74) is 0. The summed E-state index contributed by atoms with van der Waals surface area (Å²) in [5, 5.41) is 12.7. The summed E-state index contributed by atoms with van der Waals surface area (Å²) in [6, 6.07) is -0.0632. The molecule has 1 saturated heterocycles. The Bertz CT molecular complexity index is 238. The summed E-state index contributed by atoms with van der Waals surface area (Å²) in [6.45, 7) is 0.686. The molecule has 0 radical (unpaired) electrons. The fourth-order valence-corrected chi connectivity index (χ4v) is 2.50. The molecule has 1 aliphatic carbocycles. The van der Waals surface area contributed by atoms with E-state index >= 15 is 0 Å². The molecule has 1 saturated carbocycles. The van der Waals surface area contributed by atoms with Gasteiger partial charge < -0.3 is 15.2 Å². The zero-order valence-corrected chi connectivity index (χ0v) is 9.65. The standard InChI is InChI=1S/C12H21NO3/c14-10-6-2-1-5-9(10)13-12(15)11-7-3-4-8-16-11/h9-11,14H,1-8H2,(H,13,15)/t9-,10-,11?/m1/s1. The number of hydrogen-bond donors (Lipinski definition) is 2. The number of aliphatic hydroxyl groups excluding tert-OH is 1. The van der Waals surface area contributed by atoms with Crippen molar-refractivity contribution in [3.63, 3.8) is 0 Å². The van der Waals surface area contributed by atoms with Gasteiger partial charge in [-0.15, -0.1) is 0 Å². The number of ether oxygens (including phenoxy) is 1. The van der Waals surface area contributed by atoms with Gasteiger partial charge >= 0.3 is 0 Å². The van der Waals surface area contributed by atoms with E-state index in [0.29, 0.717) is 6.61 Å². The Labute approximate surface area is 96.4 Å². The number of hydrogen-bond acceptors (Lipinski definition) is 3. The summed E-state index contributed by atoms with van der Waals surface area (Å²) in [7, 11) is 0. The van der Waals surface area contributed by atoms with Crippen LogP contribution in [-0.4, -0.2) is 35.9 Å². The van der Waals surface area contributed by atoms with E-state index in [9.17, 15) is 9.90 Å². The molecule has 2 fully saturated rings. The number of aliphatic hydroxyl groups is 1. The molecule has 16 heavy (non-hydrogen) atoms. The van der Waals surface area contributed by atoms with Crippen molar-refractivity contribution in [2.45, 2.75) is 63.2 Å².